The third-order valence-electron chi connectivity index (χ3n) is 2.03. The Hall–Kier alpha value is -1.19. The van der Waals surface area contributed by atoms with Gasteiger partial charge in [0.2, 0.25) is 5.88 Å². The normalized spacial score (nSPS) is 10.3. The van der Waals surface area contributed by atoms with Gasteiger partial charge in [0.25, 0.3) is 5.69 Å². The zero-order valence-electron chi connectivity index (χ0n) is 9.01. The highest BCUT2D eigenvalue weighted by molar-refractivity contribution is 14.1. The van der Waals surface area contributed by atoms with Crippen LogP contribution in [-0.4, -0.2) is 14.9 Å². The average Bonchev–Trinajstić information content (AvgIpc) is 2.35. The molecule has 6 nitrogen and oxygen atoms in total. The molecule has 98 valence electrons. The van der Waals surface area contributed by atoms with Crippen molar-refractivity contribution in [1.82, 2.24) is 9.97 Å². The van der Waals surface area contributed by atoms with E-state index in [1.165, 1.54) is 6.33 Å². The van der Waals surface area contributed by atoms with Gasteiger partial charge in [-0.05, 0) is 22.6 Å². The van der Waals surface area contributed by atoms with Crippen LogP contribution in [0.15, 0.2) is 24.7 Å². The van der Waals surface area contributed by atoms with Crippen molar-refractivity contribution >= 4 is 51.5 Å². The molecule has 2 aromatic rings. The number of aromatic nitrogens is 2. The minimum absolute atomic E-state index is 0.0358. The lowest BCUT2D eigenvalue weighted by Gasteiger charge is -2.09. The van der Waals surface area contributed by atoms with Gasteiger partial charge in [-0.25, -0.2) is 9.97 Å². The summed E-state index contributed by atoms with van der Waals surface area (Å²) in [6.07, 6.45) is 2.86. The van der Waals surface area contributed by atoms with Gasteiger partial charge in [-0.15, -0.1) is 0 Å². The number of nitro groups is 1. The predicted molar refractivity (Wildman–Crippen MR) is 77.9 cm³/mol. The van der Waals surface area contributed by atoms with Crippen LogP contribution in [0.5, 0.6) is 11.6 Å². The summed E-state index contributed by atoms with van der Waals surface area (Å²) in [4.78, 5) is 17.8. The zero-order valence-corrected chi connectivity index (χ0v) is 12.7. The Kier molecular flexibility index (Phi) is 4.38. The number of ether oxygens (including phenoxy) is 1. The molecule has 0 spiro atoms. The molecule has 0 fully saturated rings. The first-order valence-electron chi connectivity index (χ1n) is 4.76. The van der Waals surface area contributed by atoms with Crippen molar-refractivity contribution in [3.05, 3.63) is 48.4 Å². The summed E-state index contributed by atoms with van der Waals surface area (Å²) in [5.41, 5.74) is -0.209. The van der Waals surface area contributed by atoms with Gasteiger partial charge in [-0.2, -0.15) is 0 Å². The summed E-state index contributed by atoms with van der Waals surface area (Å²) < 4.78 is 6.12. The Balaban J connectivity index is 2.42. The lowest BCUT2D eigenvalue weighted by atomic mass is 10.3. The highest BCUT2D eigenvalue weighted by Crippen LogP contribution is 2.39. The van der Waals surface area contributed by atoms with Crippen LogP contribution in [0.25, 0.3) is 0 Å². The summed E-state index contributed by atoms with van der Waals surface area (Å²) in [6.45, 7) is 0. The van der Waals surface area contributed by atoms with Crippen LogP contribution in [0.3, 0.4) is 0 Å². The van der Waals surface area contributed by atoms with Crippen LogP contribution in [0.2, 0.25) is 10.0 Å². The number of hydrogen-bond donors (Lipinski definition) is 0. The Morgan fingerprint density at radius 1 is 1.32 bits per heavy atom. The highest BCUT2D eigenvalue weighted by Gasteiger charge is 2.17. The van der Waals surface area contributed by atoms with Crippen LogP contribution in [0, 0.1) is 13.7 Å². The van der Waals surface area contributed by atoms with Gasteiger partial charge in [0.1, 0.15) is 6.33 Å². The lowest BCUT2D eigenvalue weighted by molar-refractivity contribution is -0.384. The molecule has 1 aromatic heterocycles. The van der Waals surface area contributed by atoms with Crippen LogP contribution in [0.4, 0.5) is 5.69 Å². The van der Waals surface area contributed by atoms with Gasteiger partial charge < -0.3 is 4.74 Å². The van der Waals surface area contributed by atoms with Crippen molar-refractivity contribution in [3.8, 4) is 11.6 Å². The molecule has 0 saturated carbocycles. The minimum atomic E-state index is -0.587. The number of nitrogens with zero attached hydrogens (tertiary/aromatic N) is 3. The molecule has 1 aromatic carbocycles. The van der Waals surface area contributed by atoms with E-state index in [1.54, 1.807) is 6.20 Å². The van der Waals surface area contributed by atoms with E-state index in [9.17, 15) is 10.1 Å². The molecule has 0 unspecified atom stereocenters. The lowest BCUT2D eigenvalue weighted by Crippen LogP contribution is -1.95. The fourth-order valence-corrected chi connectivity index (χ4v) is 2.19. The Morgan fingerprint density at radius 2 is 1.95 bits per heavy atom. The van der Waals surface area contributed by atoms with E-state index >= 15 is 0 Å². The SMILES string of the molecule is O=[N+]([O-])c1cc(Cl)c(Oc2ncncc2I)c(Cl)c1. The van der Waals surface area contributed by atoms with E-state index in [1.807, 2.05) is 22.6 Å². The van der Waals surface area contributed by atoms with E-state index in [0.717, 1.165) is 12.1 Å². The van der Waals surface area contributed by atoms with Gasteiger partial charge in [-0.1, -0.05) is 23.2 Å². The van der Waals surface area contributed by atoms with Crippen molar-refractivity contribution < 1.29 is 9.66 Å². The molecule has 9 heteroatoms. The summed E-state index contributed by atoms with van der Waals surface area (Å²) in [7, 11) is 0. The third kappa shape index (κ3) is 3.23. The molecule has 0 amide bonds. The maximum absolute atomic E-state index is 10.7. The molecule has 1 heterocycles. The van der Waals surface area contributed by atoms with Crippen LogP contribution < -0.4 is 4.74 Å². The first-order valence-corrected chi connectivity index (χ1v) is 6.59. The quantitative estimate of drug-likeness (QED) is 0.431. The van der Waals surface area contributed by atoms with E-state index in [4.69, 9.17) is 27.9 Å². The Morgan fingerprint density at radius 3 is 2.47 bits per heavy atom. The highest BCUT2D eigenvalue weighted by atomic mass is 127. The predicted octanol–water partition coefficient (Wildman–Crippen LogP) is 4.09. The first-order chi connectivity index (χ1) is 8.99. The molecular formula is C10H4Cl2IN3O3. The molecule has 19 heavy (non-hydrogen) atoms. The maximum Gasteiger partial charge on any atom is 0.272 e. The third-order valence-corrected chi connectivity index (χ3v) is 3.33. The van der Waals surface area contributed by atoms with Crippen LogP contribution >= 0.6 is 45.8 Å². The smallest absolute Gasteiger partial charge is 0.272 e. The maximum atomic E-state index is 10.7. The number of nitro benzene ring substituents is 1. The van der Waals surface area contributed by atoms with Crippen molar-refractivity contribution in [1.29, 1.82) is 0 Å². The first kappa shape index (κ1) is 14.2. The summed E-state index contributed by atoms with van der Waals surface area (Å²) in [5, 5.41) is 10.7. The fraction of sp³-hybridized carbons (Fsp3) is 0. The molecule has 0 radical (unpaired) electrons. The molecule has 2 rings (SSSR count). The average molecular weight is 412 g/mol. The number of halogens is 3. The Bertz CT molecular complexity index is 631. The second-order valence-electron chi connectivity index (χ2n) is 3.27. The molecule has 0 atom stereocenters. The molecule has 0 saturated heterocycles. The molecular weight excluding hydrogens is 408 g/mol. The van der Waals surface area contributed by atoms with E-state index in [2.05, 4.69) is 9.97 Å². The molecule has 0 aliphatic heterocycles. The largest absolute Gasteiger partial charge is 0.435 e. The van der Waals surface area contributed by atoms with E-state index < -0.39 is 4.92 Å². The van der Waals surface area contributed by atoms with Crippen LogP contribution in [-0.2, 0) is 0 Å². The fourth-order valence-electron chi connectivity index (χ4n) is 1.22. The summed E-state index contributed by atoms with van der Waals surface area (Å²) >= 11 is 13.8. The molecule has 0 aliphatic rings. The van der Waals surface area contributed by atoms with Gasteiger partial charge >= 0.3 is 0 Å². The topological polar surface area (TPSA) is 78.2 Å². The zero-order chi connectivity index (χ0) is 14.0. The molecule has 0 aliphatic carbocycles. The van der Waals surface area contributed by atoms with Gasteiger partial charge in [-0.3, -0.25) is 10.1 Å². The molecule has 0 N–H and O–H groups in total. The van der Waals surface area contributed by atoms with Crippen LogP contribution in [0.1, 0.15) is 0 Å². The van der Waals surface area contributed by atoms with E-state index in [-0.39, 0.29) is 27.4 Å². The number of non-ortho nitro benzene ring substituents is 1. The standard InChI is InChI=1S/C10H4Cl2IN3O3/c11-6-1-5(16(17)18)2-7(12)9(6)19-10-8(13)3-14-4-15-10/h1-4H. The second-order valence-corrected chi connectivity index (χ2v) is 5.25. The summed E-state index contributed by atoms with van der Waals surface area (Å²) in [6, 6.07) is 2.33. The number of rotatable bonds is 3. The van der Waals surface area contributed by atoms with Crippen molar-refractivity contribution in [2.75, 3.05) is 0 Å². The van der Waals surface area contributed by atoms with Gasteiger partial charge in [0.05, 0.1) is 18.5 Å². The number of benzene rings is 1. The monoisotopic (exact) mass is 411 g/mol. The second kappa shape index (κ2) is 5.85. The van der Waals surface area contributed by atoms with Gasteiger partial charge in [0, 0.05) is 18.3 Å². The number of hydrogen-bond acceptors (Lipinski definition) is 5. The van der Waals surface area contributed by atoms with Gasteiger partial charge in [0.15, 0.2) is 5.75 Å². The Labute approximate surface area is 131 Å². The van der Waals surface area contributed by atoms with Crippen molar-refractivity contribution in [2.45, 2.75) is 0 Å². The minimum Gasteiger partial charge on any atom is -0.435 e. The van der Waals surface area contributed by atoms with Crippen molar-refractivity contribution in [2.24, 2.45) is 0 Å². The van der Waals surface area contributed by atoms with E-state index in [0.29, 0.717) is 3.57 Å². The molecule has 0 bridgehead atoms. The summed E-state index contributed by atoms with van der Waals surface area (Å²) in [5.74, 6) is 0.388. The van der Waals surface area contributed by atoms with Crippen molar-refractivity contribution in [3.63, 3.8) is 0 Å².